The third-order valence-corrected chi connectivity index (χ3v) is 4.59. The maximum absolute atomic E-state index is 11.8. The zero-order chi connectivity index (χ0) is 16.5. The van der Waals surface area contributed by atoms with Crippen LogP contribution in [0.25, 0.3) is 0 Å². The second-order valence-electron chi connectivity index (χ2n) is 6.09. The third-order valence-electron chi connectivity index (χ3n) is 4.59. The highest BCUT2D eigenvalue weighted by molar-refractivity contribution is 5.95. The van der Waals surface area contributed by atoms with Crippen molar-refractivity contribution in [2.24, 2.45) is 0 Å². The fourth-order valence-corrected chi connectivity index (χ4v) is 3.30. The van der Waals surface area contributed by atoms with E-state index in [0.717, 1.165) is 44.0 Å². The molecule has 0 radical (unpaired) electrons. The Morgan fingerprint density at radius 3 is 2.83 bits per heavy atom. The largest absolute Gasteiger partial charge is 0.353 e. The Balaban J connectivity index is 1.46. The first-order valence-electron chi connectivity index (χ1n) is 8.06. The number of rotatable bonds is 3. The Morgan fingerprint density at radius 2 is 2.12 bits per heavy atom. The summed E-state index contributed by atoms with van der Waals surface area (Å²) in [5.41, 5.74) is 1.20. The van der Waals surface area contributed by atoms with Crippen molar-refractivity contribution in [1.82, 2.24) is 19.7 Å². The van der Waals surface area contributed by atoms with Gasteiger partial charge in [-0.1, -0.05) is 0 Å². The average Bonchev–Trinajstić information content (AvgIpc) is 3.34. The molecule has 8 heteroatoms. The summed E-state index contributed by atoms with van der Waals surface area (Å²) >= 11 is 0. The maximum atomic E-state index is 11.8. The molecule has 2 aliphatic rings. The van der Waals surface area contributed by atoms with Crippen molar-refractivity contribution >= 4 is 17.4 Å². The summed E-state index contributed by atoms with van der Waals surface area (Å²) in [5, 5.41) is 13.2. The molecule has 0 aliphatic carbocycles. The molecule has 0 saturated carbocycles. The molecule has 0 N–H and O–H groups in total. The minimum absolute atomic E-state index is 0.176. The standard InChI is InChI=1S/C16H17N7O/c17-6-12-7-19-15(9-18-12)21-5-3-13(10-21)23-11-14(8-20-23)22-4-1-2-16(22)24/h7-9,11,13H,1-5,10H2. The molecule has 24 heavy (non-hydrogen) atoms. The van der Waals surface area contributed by atoms with Crippen LogP contribution in [0.15, 0.2) is 24.8 Å². The van der Waals surface area contributed by atoms with Gasteiger partial charge < -0.3 is 9.80 Å². The van der Waals surface area contributed by atoms with Gasteiger partial charge in [0, 0.05) is 32.3 Å². The van der Waals surface area contributed by atoms with Gasteiger partial charge in [0.2, 0.25) is 5.91 Å². The first kappa shape index (κ1) is 14.6. The molecule has 2 aromatic rings. The van der Waals surface area contributed by atoms with Gasteiger partial charge in [-0.3, -0.25) is 9.48 Å². The predicted molar refractivity (Wildman–Crippen MR) is 86.4 cm³/mol. The van der Waals surface area contributed by atoms with Crippen LogP contribution in [0.5, 0.6) is 0 Å². The van der Waals surface area contributed by atoms with E-state index < -0.39 is 0 Å². The summed E-state index contributed by atoms with van der Waals surface area (Å²) in [4.78, 5) is 24.2. The van der Waals surface area contributed by atoms with Gasteiger partial charge in [0.05, 0.1) is 30.3 Å². The van der Waals surface area contributed by atoms with Crippen LogP contribution in [0.3, 0.4) is 0 Å². The number of hydrogen-bond donors (Lipinski definition) is 0. The first-order chi connectivity index (χ1) is 11.7. The Kier molecular flexibility index (Phi) is 3.61. The molecule has 2 saturated heterocycles. The maximum Gasteiger partial charge on any atom is 0.227 e. The van der Waals surface area contributed by atoms with E-state index in [0.29, 0.717) is 12.1 Å². The Labute approximate surface area is 139 Å². The van der Waals surface area contributed by atoms with Gasteiger partial charge in [0.15, 0.2) is 5.69 Å². The number of anilines is 2. The molecule has 1 amide bonds. The fraction of sp³-hybridized carbons (Fsp3) is 0.438. The summed E-state index contributed by atoms with van der Waals surface area (Å²) in [6, 6.07) is 2.22. The molecular weight excluding hydrogens is 306 g/mol. The van der Waals surface area contributed by atoms with Crippen LogP contribution in [0.4, 0.5) is 11.5 Å². The highest BCUT2D eigenvalue weighted by Crippen LogP contribution is 2.27. The third kappa shape index (κ3) is 2.58. The number of nitriles is 1. The van der Waals surface area contributed by atoms with E-state index in [4.69, 9.17) is 5.26 Å². The predicted octanol–water partition coefficient (Wildman–Crippen LogP) is 1.12. The number of aromatic nitrogens is 4. The highest BCUT2D eigenvalue weighted by atomic mass is 16.2. The van der Waals surface area contributed by atoms with Gasteiger partial charge >= 0.3 is 0 Å². The smallest absolute Gasteiger partial charge is 0.227 e. The van der Waals surface area contributed by atoms with Crippen molar-refractivity contribution in [3.8, 4) is 6.07 Å². The Morgan fingerprint density at radius 1 is 1.21 bits per heavy atom. The first-order valence-corrected chi connectivity index (χ1v) is 8.06. The van der Waals surface area contributed by atoms with E-state index in [1.165, 1.54) is 6.20 Å². The molecule has 8 nitrogen and oxygen atoms in total. The van der Waals surface area contributed by atoms with Crippen LogP contribution in [0.2, 0.25) is 0 Å². The van der Waals surface area contributed by atoms with Gasteiger partial charge in [-0.25, -0.2) is 9.97 Å². The minimum atomic E-state index is 0.176. The lowest BCUT2D eigenvalue weighted by Crippen LogP contribution is -2.23. The Bertz CT molecular complexity index is 792. The molecule has 0 aromatic carbocycles. The number of hydrogen-bond acceptors (Lipinski definition) is 6. The SMILES string of the molecule is N#Cc1cnc(N2CCC(n3cc(N4CCCC4=O)cn3)C2)cn1. The van der Waals surface area contributed by atoms with Gasteiger partial charge in [-0.05, 0) is 12.8 Å². The monoisotopic (exact) mass is 323 g/mol. The second kappa shape index (κ2) is 5.92. The minimum Gasteiger partial charge on any atom is -0.353 e. The van der Waals surface area contributed by atoms with Crippen LogP contribution in [0, 0.1) is 11.3 Å². The lowest BCUT2D eigenvalue weighted by Gasteiger charge is -2.17. The summed E-state index contributed by atoms with van der Waals surface area (Å²) in [6.45, 7) is 2.43. The summed E-state index contributed by atoms with van der Waals surface area (Å²) in [7, 11) is 0. The molecule has 122 valence electrons. The molecule has 0 bridgehead atoms. The van der Waals surface area contributed by atoms with Gasteiger partial charge in [0.1, 0.15) is 11.9 Å². The van der Waals surface area contributed by atoms with Crippen molar-refractivity contribution in [2.75, 3.05) is 29.4 Å². The number of carbonyl (C=O) groups excluding carboxylic acids is 1. The van der Waals surface area contributed by atoms with Crippen molar-refractivity contribution in [1.29, 1.82) is 5.26 Å². The lowest BCUT2D eigenvalue weighted by atomic mass is 10.3. The number of nitrogens with zero attached hydrogens (tertiary/aromatic N) is 7. The van der Waals surface area contributed by atoms with E-state index in [-0.39, 0.29) is 11.9 Å². The van der Waals surface area contributed by atoms with Crippen LogP contribution >= 0.6 is 0 Å². The van der Waals surface area contributed by atoms with E-state index >= 15 is 0 Å². The molecule has 2 fully saturated rings. The quantitative estimate of drug-likeness (QED) is 0.841. The summed E-state index contributed by atoms with van der Waals surface area (Å²) in [6.07, 6.45) is 9.36. The summed E-state index contributed by atoms with van der Waals surface area (Å²) < 4.78 is 1.94. The van der Waals surface area contributed by atoms with Gasteiger partial charge in [0.25, 0.3) is 0 Å². The normalized spacial score (nSPS) is 20.6. The number of amides is 1. The summed E-state index contributed by atoms with van der Waals surface area (Å²) in [5.74, 6) is 0.953. The molecule has 2 aromatic heterocycles. The van der Waals surface area contributed by atoms with Crippen LogP contribution in [-0.4, -0.2) is 45.3 Å². The van der Waals surface area contributed by atoms with Crippen molar-refractivity contribution in [2.45, 2.75) is 25.3 Å². The zero-order valence-electron chi connectivity index (χ0n) is 13.2. The van der Waals surface area contributed by atoms with Gasteiger partial charge in [-0.15, -0.1) is 0 Å². The zero-order valence-corrected chi connectivity index (χ0v) is 13.2. The Hall–Kier alpha value is -2.95. The average molecular weight is 323 g/mol. The van der Waals surface area contributed by atoms with Crippen molar-refractivity contribution in [3.63, 3.8) is 0 Å². The molecule has 4 heterocycles. The molecule has 2 aliphatic heterocycles. The topological polar surface area (TPSA) is 90.9 Å². The fourth-order valence-electron chi connectivity index (χ4n) is 3.30. The molecule has 4 rings (SSSR count). The molecule has 1 unspecified atom stereocenters. The van der Waals surface area contributed by atoms with Crippen LogP contribution < -0.4 is 9.80 Å². The van der Waals surface area contributed by atoms with Crippen LogP contribution in [0.1, 0.15) is 31.0 Å². The van der Waals surface area contributed by atoms with E-state index in [2.05, 4.69) is 20.0 Å². The molecule has 1 atom stereocenters. The lowest BCUT2D eigenvalue weighted by molar-refractivity contribution is -0.117. The van der Waals surface area contributed by atoms with Crippen LogP contribution in [-0.2, 0) is 4.79 Å². The van der Waals surface area contributed by atoms with Gasteiger partial charge in [-0.2, -0.15) is 10.4 Å². The second-order valence-corrected chi connectivity index (χ2v) is 6.09. The molecular formula is C16H17N7O. The highest BCUT2D eigenvalue weighted by Gasteiger charge is 2.28. The van der Waals surface area contributed by atoms with E-state index in [1.807, 2.05) is 21.8 Å². The number of carbonyl (C=O) groups is 1. The van der Waals surface area contributed by atoms with E-state index in [1.54, 1.807) is 12.4 Å². The molecule has 0 spiro atoms. The van der Waals surface area contributed by atoms with Crippen molar-refractivity contribution in [3.05, 3.63) is 30.5 Å². The van der Waals surface area contributed by atoms with Crippen molar-refractivity contribution < 1.29 is 4.79 Å². The van der Waals surface area contributed by atoms with E-state index in [9.17, 15) is 4.79 Å².